The highest BCUT2D eigenvalue weighted by Gasteiger charge is 2.18. The van der Waals surface area contributed by atoms with Gasteiger partial charge in [-0.2, -0.15) is 0 Å². The minimum absolute atomic E-state index is 0.148. The van der Waals surface area contributed by atoms with Crippen molar-refractivity contribution in [1.82, 2.24) is 25.5 Å². The smallest absolute Gasteiger partial charge is 0.225 e. The van der Waals surface area contributed by atoms with Crippen LogP contribution in [0.25, 0.3) is 0 Å². The number of anilines is 1. The van der Waals surface area contributed by atoms with E-state index in [-0.39, 0.29) is 6.04 Å². The first-order valence-corrected chi connectivity index (χ1v) is 11.5. The lowest BCUT2D eigenvalue weighted by Gasteiger charge is -2.34. The third-order valence-electron chi connectivity index (χ3n) is 5.47. The summed E-state index contributed by atoms with van der Waals surface area (Å²) in [4.78, 5) is 17.8. The van der Waals surface area contributed by atoms with E-state index in [0.29, 0.717) is 5.92 Å². The Morgan fingerprint density at radius 3 is 2.38 bits per heavy atom. The van der Waals surface area contributed by atoms with Crippen LogP contribution in [0, 0.1) is 5.92 Å². The second-order valence-corrected chi connectivity index (χ2v) is 8.52. The van der Waals surface area contributed by atoms with Gasteiger partial charge in [0.05, 0.1) is 12.6 Å². The number of piperazine rings is 1. The van der Waals surface area contributed by atoms with Crippen LogP contribution in [0.4, 0.5) is 5.95 Å². The first kappa shape index (κ1) is 23.8. The van der Waals surface area contributed by atoms with Crippen LogP contribution in [0.1, 0.15) is 32.4 Å². The Bertz CT molecular complexity index is 818. The maximum absolute atomic E-state index is 5.78. The fourth-order valence-corrected chi connectivity index (χ4v) is 3.56. The topological polar surface area (TPSA) is 77.9 Å². The maximum Gasteiger partial charge on any atom is 0.225 e. The second kappa shape index (κ2) is 12.2. The minimum Gasteiger partial charge on any atom is -0.493 e. The summed E-state index contributed by atoms with van der Waals surface area (Å²) in [5.74, 6) is 3.07. The second-order valence-electron chi connectivity index (χ2n) is 8.52. The molecule has 8 nitrogen and oxygen atoms in total. The number of ether oxygens (including phenoxy) is 1. The Morgan fingerprint density at radius 2 is 1.75 bits per heavy atom. The number of hydrogen-bond acceptors (Lipinski definition) is 6. The van der Waals surface area contributed by atoms with Crippen molar-refractivity contribution >= 4 is 11.9 Å². The van der Waals surface area contributed by atoms with E-state index in [1.165, 1.54) is 5.56 Å². The molecule has 0 aliphatic carbocycles. The molecular formula is C24H37N7O. The van der Waals surface area contributed by atoms with E-state index < -0.39 is 0 Å². The number of aliphatic imine (C=N–C) groups is 1. The molecule has 2 aromatic rings. The van der Waals surface area contributed by atoms with Crippen LogP contribution in [0.15, 0.2) is 47.7 Å². The molecule has 2 N–H and O–H groups in total. The molecule has 3 rings (SSSR count). The molecule has 0 spiro atoms. The fourth-order valence-electron chi connectivity index (χ4n) is 3.56. The van der Waals surface area contributed by atoms with E-state index in [1.54, 1.807) is 12.4 Å². The Morgan fingerprint density at radius 1 is 1.06 bits per heavy atom. The van der Waals surface area contributed by atoms with Gasteiger partial charge in [0.1, 0.15) is 5.75 Å². The van der Waals surface area contributed by atoms with Gasteiger partial charge in [-0.25, -0.2) is 9.97 Å². The maximum atomic E-state index is 5.78. The number of aromatic nitrogens is 2. The zero-order chi connectivity index (χ0) is 22.8. The highest BCUT2D eigenvalue weighted by Crippen LogP contribution is 2.18. The summed E-state index contributed by atoms with van der Waals surface area (Å²) in [7, 11) is 1.81. The molecular weight excluding hydrogens is 402 g/mol. The predicted molar refractivity (Wildman–Crippen MR) is 130 cm³/mol. The molecule has 8 heteroatoms. The normalized spacial score (nSPS) is 16.2. The molecule has 0 bridgehead atoms. The summed E-state index contributed by atoms with van der Waals surface area (Å²) in [5, 5.41) is 6.91. The van der Waals surface area contributed by atoms with Crippen molar-refractivity contribution in [3.8, 4) is 5.75 Å². The van der Waals surface area contributed by atoms with E-state index in [0.717, 1.165) is 63.5 Å². The van der Waals surface area contributed by atoms with Gasteiger partial charge in [-0.3, -0.25) is 9.89 Å². The molecule has 0 amide bonds. The number of nitrogens with one attached hydrogen (secondary N) is 2. The molecule has 1 aliphatic heterocycles. The highest BCUT2D eigenvalue weighted by atomic mass is 16.5. The predicted octanol–water partition coefficient (Wildman–Crippen LogP) is 2.56. The SMILES string of the molecule is CN=C(NCCN1CCN(c2ncccn2)CC1)NC(C)c1ccc(OCC(C)C)cc1. The van der Waals surface area contributed by atoms with E-state index in [9.17, 15) is 0 Å². The molecule has 1 aliphatic rings. The average Bonchev–Trinajstić information content (AvgIpc) is 2.83. The van der Waals surface area contributed by atoms with Crippen LogP contribution in [-0.4, -0.2) is 73.8 Å². The molecule has 32 heavy (non-hydrogen) atoms. The summed E-state index contributed by atoms with van der Waals surface area (Å²) in [5.41, 5.74) is 1.20. The first-order valence-electron chi connectivity index (χ1n) is 11.5. The van der Waals surface area contributed by atoms with Gasteiger partial charge in [-0.1, -0.05) is 26.0 Å². The Hall–Kier alpha value is -2.87. The van der Waals surface area contributed by atoms with Crippen LogP contribution >= 0.6 is 0 Å². The first-order chi connectivity index (χ1) is 15.5. The molecule has 1 fully saturated rings. The van der Waals surface area contributed by atoms with Crippen molar-refractivity contribution < 1.29 is 4.74 Å². The number of benzene rings is 1. The molecule has 1 unspecified atom stereocenters. The number of nitrogens with zero attached hydrogens (tertiary/aromatic N) is 5. The zero-order valence-electron chi connectivity index (χ0n) is 19.8. The van der Waals surface area contributed by atoms with Crippen molar-refractivity contribution in [3.05, 3.63) is 48.3 Å². The third-order valence-corrected chi connectivity index (χ3v) is 5.47. The molecule has 174 valence electrons. The quantitative estimate of drug-likeness (QED) is 0.459. The zero-order valence-corrected chi connectivity index (χ0v) is 19.8. The molecule has 1 saturated heterocycles. The number of hydrogen-bond donors (Lipinski definition) is 2. The third kappa shape index (κ3) is 7.37. The van der Waals surface area contributed by atoms with Gasteiger partial charge in [0.25, 0.3) is 0 Å². The standard InChI is InChI=1S/C24H37N7O/c1-19(2)18-32-22-8-6-21(7-9-22)20(3)29-23(25-4)26-12-13-30-14-16-31(17-15-30)24-27-10-5-11-28-24/h5-11,19-20H,12-18H2,1-4H3,(H2,25,26,29). The lowest BCUT2D eigenvalue weighted by atomic mass is 10.1. The number of guanidine groups is 1. The van der Waals surface area contributed by atoms with Gasteiger partial charge in [0.15, 0.2) is 5.96 Å². The van der Waals surface area contributed by atoms with Gasteiger partial charge in [0, 0.05) is 58.7 Å². The van der Waals surface area contributed by atoms with E-state index in [2.05, 4.69) is 68.3 Å². The van der Waals surface area contributed by atoms with Crippen LogP contribution in [0.2, 0.25) is 0 Å². The molecule has 0 radical (unpaired) electrons. The van der Waals surface area contributed by atoms with Crippen molar-refractivity contribution in [1.29, 1.82) is 0 Å². The van der Waals surface area contributed by atoms with Crippen LogP contribution in [0.5, 0.6) is 5.75 Å². The molecule has 1 aromatic carbocycles. The van der Waals surface area contributed by atoms with Gasteiger partial charge in [0.2, 0.25) is 5.95 Å². The van der Waals surface area contributed by atoms with Crippen molar-refractivity contribution in [2.75, 3.05) is 57.8 Å². The van der Waals surface area contributed by atoms with Gasteiger partial charge >= 0.3 is 0 Å². The summed E-state index contributed by atoms with van der Waals surface area (Å²) in [6.45, 7) is 12.9. The monoisotopic (exact) mass is 439 g/mol. The number of rotatable bonds is 9. The van der Waals surface area contributed by atoms with Crippen LogP contribution in [-0.2, 0) is 0 Å². The lowest BCUT2D eigenvalue weighted by Crippen LogP contribution is -2.49. The highest BCUT2D eigenvalue weighted by molar-refractivity contribution is 5.80. The molecule has 1 atom stereocenters. The summed E-state index contributed by atoms with van der Waals surface area (Å²) in [6.07, 6.45) is 3.60. The summed E-state index contributed by atoms with van der Waals surface area (Å²) in [6, 6.07) is 10.3. The van der Waals surface area contributed by atoms with Gasteiger partial charge < -0.3 is 20.3 Å². The molecule has 0 saturated carbocycles. The summed E-state index contributed by atoms with van der Waals surface area (Å²) >= 11 is 0. The van der Waals surface area contributed by atoms with E-state index in [4.69, 9.17) is 4.74 Å². The Balaban J connectivity index is 1.37. The fraction of sp³-hybridized carbons (Fsp3) is 0.542. The van der Waals surface area contributed by atoms with Crippen molar-refractivity contribution in [2.45, 2.75) is 26.8 Å². The van der Waals surface area contributed by atoms with E-state index >= 15 is 0 Å². The average molecular weight is 440 g/mol. The van der Waals surface area contributed by atoms with Crippen molar-refractivity contribution in [3.63, 3.8) is 0 Å². The van der Waals surface area contributed by atoms with Crippen LogP contribution in [0.3, 0.4) is 0 Å². The van der Waals surface area contributed by atoms with E-state index in [1.807, 2.05) is 25.2 Å². The molecule has 2 heterocycles. The van der Waals surface area contributed by atoms with Crippen LogP contribution < -0.4 is 20.3 Å². The van der Waals surface area contributed by atoms with Gasteiger partial charge in [-0.15, -0.1) is 0 Å². The summed E-state index contributed by atoms with van der Waals surface area (Å²) < 4.78 is 5.78. The largest absolute Gasteiger partial charge is 0.493 e. The lowest BCUT2D eigenvalue weighted by molar-refractivity contribution is 0.260. The van der Waals surface area contributed by atoms with Crippen molar-refractivity contribution in [2.24, 2.45) is 10.9 Å². The minimum atomic E-state index is 0.148. The van der Waals surface area contributed by atoms with Gasteiger partial charge in [-0.05, 0) is 36.6 Å². The Kier molecular flexibility index (Phi) is 9.10. The molecule has 1 aromatic heterocycles. The Labute approximate surface area is 192 Å².